The first-order valence-electron chi connectivity index (χ1n) is 7.51. The molecule has 0 fully saturated rings. The van der Waals surface area contributed by atoms with Gasteiger partial charge in [0.05, 0.1) is 0 Å². The largest absolute Gasteiger partial charge is 0.336 e. The first-order chi connectivity index (χ1) is 11.1. The number of hydrogen-bond donors (Lipinski definition) is 1. The van der Waals surface area contributed by atoms with Gasteiger partial charge in [0.2, 0.25) is 0 Å². The van der Waals surface area contributed by atoms with Gasteiger partial charge < -0.3 is 14.8 Å². The van der Waals surface area contributed by atoms with Crippen molar-refractivity contribution < 1.29 is 4.79 Å². The number of halogens is 1. The predicted octanol–water partition coefficient (Wildman–Crippen LogP) is 2.64. The second-order valence-corrected chi connectivity index (χ2v) is 6.45. The van der Waals surface area contributed by atoms with Gasteiger partial charge in [0.25, 0.3) is 5.56 Å². The highest BCUT2D eigenvalue weighted by atomic mass is 79.9. The molecule has 0 bridgehead atoms. The molecule has 1 N–H and O–H groups in total. The van der Waals surface area contributed by atoms with E-state index < -0.39 is 0 Å². The van der Waals surface area contributed by atoms with Gasteiger partial charge in [-0.2, -0.15) is 0 Å². The Hall–Kier alpha value is -2.08. The molecule has 0 radical (unpaired) electrons. The van der Waals surface area contributed by atoms with Crippen LogP contribution in [0.3, 0.4) is 0 Å². The summed E-state index contributed by atoms with van der Waals surface area (Å²) in [4.78, 5) is 25.7. The van der Waals surface area contributed by atoms with Crippen LogP contribution in [0.2, 0.25) is 0 Å². The number of carbonyl (C=O) groups is 1. The van der Waals surface area contributed by atoms with Gasteiger partial charge in [-0.05, 0) is 29.7 Å². The summed E-state index contributed by atoms with van der Waals surface area (Å²) in [5.74, 6) is 0. The van der Waals surface area contributed by atoms with Crippen molar-refractivity contribution >= 4 is 22.0 Å². The lowest BCUT2D eigenvalue weighted by Crippen LogP contribution is -2.38. The van der Waals surface area contributed by atoms with Gasteiger partial charge >= 0.3 is 6.03 Å². The van der Waals surface area contributed by atoms with Gasteiger partial charge in [-0.15, -0.1) is 0 Å². The third-order valence-corrected chi connectivity index (χ3v) is 5.16. The van der Waals surface area contributed by atoms with Crippen molar-refractivity contribution in [2.45, 2.75) is 26.6 Å². The Bertz CT molecular complexity index is 801. The summed E-state index contributed by atoms with van der Waals surface area (Å²) in [6, 6.07) is 9.06. The van der Waals surface area contributed by atoms with Crippen LogP contribution in [0.25, 0.3) is 0 Å². The summed E-state index contributed by atoms with van der Waals surface area (Å²) < 4.78 is 2.67. The number of nitrogens with zero attached hydrogens (tertiary/aromatic N) is 2. The number of rotatable bonds is 3. The minimum absolute atomic E-state index is 0.0604. The molecule has 2 aromatic rings. The van der Waals surface area contributed by atoms with Crippen LogP contribution in [-0.2, 0) is 19.6 Å². The topological polar surface area (TPSA) is 54.3 Å². The van der Waals surface area contributed by atoms with E-state index in [-0.39, 0.29) is 11.6 Å². The molecule has 3 rings (SSSR count). The van der Waals surface area contributed by atoms with Gasteiger partial charge in [-0.25, -0.2) is 4.79 Å². The molecule has 6 heteroatoms. The molecule has 0 saturated carbocycles. The minimum Gasteiger partial charge on any atom is -0.336 e. The smallest absolute Gasteiger partial charge is 0.318 e. The number of pyridine rings is 1. The highest BCUT2D eigenvalue weighted by molar-refractivity contribution is 9.10. The van der Waals surface area contributed by atoms with E-state index in [1.165, 1.54) is 22.8 Å². The Labute approximate surface area is 143 Å². The van der Waals surface area contributed by atoms with Gasteiger partial charge in [-0.1, -0.05) is 34.1 Å². The fourth-order valence-electron chi connectivity index (χ4n) is 2.73. The quantitative estimate of drug-likeness (QED) is 0.896. The van der Waals surface area contributed by atoms with Gasteiger partial charge in [-0.3, -0.25) is 4.79 Å². The predicted molar refractivity (Wildman–Crippen MR) is 92.2 cm³/mol. The Morgan fingerprint density at radius 2 is 2.09 bits per heavy atom. The fraction of sp³-hybridized carbons (Fsp3) is 0.294. The molecule has 0 unspecified atom stereocenters. The molecular formula is C17H18BrN3O2. The summed E-state index contributed by atoms with van der Waals surface area (Å²) in [7, 11) is 0. The number of carbonyl (C=O) groups excluding carboxylic acids is 1. The zero-order valence-corrected chi connectivity index (χ0v) is 14.5. The van der Waals surface area contributed by atoms with Gasteiger partial charge in [0.1, 0.15) is 0 Å². The SMILES string of the molecule is Cc1ccc2c(c1Br)CN(C(=O)NCCn1ccccc1=O)C2. The highest BCUT2D eigenvalue weighted by Gasteiger charge is 2.25. The Morgan fingerprint density at radius 3 is 2.87 bits per heavy atom. The number of aryl methyl sites for hydroxylation is 1. The van der Waals surface area contributed by atoms with Crippen molar-refractivity contribution in [3.05, 3.63) is 68.0 Å². The minimum atomic E-state index is -0.102. The van der Waals surface area contributed by atoms with Crippen molar-refractivity contribution in [3.63, 3.8) is 0 Å². The van der Waals surface area contributed by atoms with E-state index in [9.17, 15) is 9.59 Å². The average molecular weight is 376 g/mol. The zero-order chi connectivity index (χ0) is 16.4. The van der Waals surface area contributed by atoms with E-state index in [1.807, 2.05) is 6.92 Å². The second-order valence-electron chi connectivity index (χ2n) is 5.65. The maximum Gasteiger partial charge on any atom is 0.318 e. The molecule has 0 saturated heterocycles. The summed E-state index contributed by atoms with van der Waals surface area (Å²) >= 11 is 3.60. The standard InChI is InChI=1S/C17H18BrN3O2/c1-12-5-6-13-10-21(11-14(13)16(12)18)17(23)19-7-9-20-8-3-2-4-15(20)22/h2-6,8H,7,9-11H2,1H3,(H,19,23). The van der Waals surface area contributed by atoms with Crippen molar-refractivity contribution in [1.82, 2.24) is 14.8 Å². The zero-order valence-electron chi connectivity index (χ0n) is 12.9. The van der Waals surface area contributed by atoms with Crippen LogP contribution in [0.5, 0.6) is 0 Å². The molecule has 1 aliphatic heterocycles. The third-order valence-electron chi connectivity index (χ3n) is 4.06. The molecule has 1 aliphatic rings. The molecule has 2 amide bonds. The first-order valence-corrected chi connectivity index (χ1v) is 8.30. The molecule has 0 atom stereocenters. The molecule has 5 nitrogen and oxygen atoms in total. The molecule has 1 aromatic carbocycles. The number of fused-ring (bicyclic) bond motifs is 1. The Kier molecular flexibility index (Phi) is 4.52. The average Bonchev–Trinajstić information content (AvgIpc) is 2.98. The molecule has 0 spiro atoms. The maximum absolute atomic E-state index is 12.3. The number of amides is 2. The van der Waals surface area contributed by atoms with E-state index in [1.54, 1.807) is 27.8 Å². The van der Waals surface area contributed by atoms with Crippen LogP contribution in [0.1, 0.15) is 16.7 Å². The summed E-state index contributed by atoms with van der Waals surface area (Å²) in [6.07, 6.45) is 1.72. The second kappa shape index (κ2) is 6.58. The van der Waals surface area contributed by atoms with Crippen LogP contribution in [0.4, 0.5) is 4.79 Å². The lowest BCUT2D eigenvalue weighted by molar-refractivity contribution is 0.198. The third kappa shape index (κ3) is 3.32. The summed E-state index contributed by atoms with van der Waals surface area (Å²) in [5.41, 5.74) is 3.47. The lowest BCUT2D eigenvalue weighted by atomic mass is 10.1. The van der Waals surface area contributed by atoms with E-state index in [0.29, 0.717) is 26.2 Å². The Morgan fingerprint density at radius 1 is 1.26 bits per heavy atom. The molecule has 0 aliphatic carbocycles. The molecule has 2 heterocycles. The van der Waals surface area contributed by atoms with Gasteiger partial charge in [0, 0.05) is 42.9 Å². The van der Waals surface area contributed by atoms with Crippen LogP contribution in [-0.4, -0.2) is 22.0 Å². The fourth-order valence-corrected chi connectivity index (χ4v) is 3.25. The molecule has 120 valence electrons. The number of aromatic nitrogens is 1. The summed E-state index contributed by atoms with van der Waals surface area (Å²) in [6.45, 7) is 4.16. The number of nitrogens with one attached hydrogen (secondary N) is 1. The van der Waals surface area contributed by atoms with Crippen molar-refractivity contribution in [2.24, 2.45) is 0 Å². The molecule has 1 aromatic heterocycles. The summed E-state index contributed by atoms with van der Waals surface area (Å²) in [5, 5.41) is 2.88. The number of urea groups is 1. The van der Waals surface area contributed by atoms with Crippen LogP contribution >= 0.6 is 15.9 Å². The highest BCUT2D eigenvalue weighted by Crippen LogP contribution is 2.31. The maximum atomic E-state index is 12.3. The number of benzene rings is 1. The van der Waals surface area contributed by atoms with Crippen molar-refractivity contribution in [2.75, 3.05) is 6.54 Å². The lowest BCUT2D eigenvalue weighted by Gasteiger charge is -2.16. The molecular weight excluding hydrogens is 358 g/mol. The van der Waals surface area contributed by atoms with Crippen LogP contribution in [0, 0.1) is 6.92 Å². The van der Waals surface area contributed by atoms with Crippen molar-refractivity contribution in [1.29, 1.82) is 0 Å². The van der Waals surface area contributed by atoms with Crippen LogP contribution < -0.4 is 10.9 Å². The monoisotopic (exact) mass is 375 g/mol. The van der Waals surface area contributed by atoms with E-state index in [2.05, 4.69) is 33.4 Å². The van der Waals surface area contributed by atoms with Crippen molar-refractivity contribution in [3.8, 4) is 0 Å². The van der Waals surface area contributed by atoms with Gasteiger partial charge in [0.15, 0.2) is 0 Å². The number of hydrogen-bond acceptors (Lipinski definition) is 2. The van der Waals surface area contributed by atoms with Crippen LogP contribution in [0.15, 0.2) is 45.8 Å². The van der Waals surface area contributed by atoms with E-state index >= 15 is 0 Å². The Balaban J connectivity index is 1.57. The normalized spacial score (nSPS) is 13.0. The molecule has 23 heavy (non-hydrogen) atoms. The first kappa shape index (κ1) is 15.8. The van der Waals surface area contributed by atoms with E-state index in [4.69, 9.17) is 0 Å². The van der Waals surface area contributed by atoms with E-state index in [0.717, 1.165) is 4.47 Å².